The minimum atomic E-state index is -0.645. The second kappa shape index (κ2) is 6.31. The molecule has 0 radical (unpaired) electrons. The van der Waals surface area contributed by atoms with Crippen LogP contribution in [0.3, 0.4) is 0 Å². The van der Waals surface area contributed by atoms with E-state index in [1.165, 1.54) is 17.4 Å². The highest BCUT2D eigenvalue weighted by molar-refractivity contribution is 7.09. The van der Waals surface area contributed by atoms with Crippen molar-refractivity contribution < 1.29 is 19.1 Å². The Morgan fingerprint density at radius 1 is 1.00 bits per heavy atom. The van der Waals surface area contributed by atoms with E-state index in [4.69, 9.17) is 4.74 Å². The van der Waals surface area contributed by atoms with Crippen molar-refractivity contribution in [3.05, 3.63) is 86.4 Å². The Balaban J connectivity index is 1.70. The Kier molecular flexibility index (Phi) is 3.97. The van der Waals surface area contributed by atoms with E-state index >= 15 is 0 Å². The molecule has 0 unspecified atom stereocenters. The molecule has 0 spiro atoms. The van der Waals surface area contributed by atoms with Crippen LogP contribution < -0.4 is 0 Å². The van der Waals surface area contributed by atoms with Gasteiger partial charge in [0.2, 0.25) is 0 Å². The second-order valence-electron chi connectivity index (χ2n) is 5.87. The van der Waals surface area contributed by atoms with Crippen LogP contribution in [0.1, 0.15) is 52.9 Å². The Hall–Kier alpha value is -3.12. The van der Waals surface area contributed by atoms with Crippen LogP contribution in [0.4, 0.5) is 0 Å². The predicted octanol–water partition coefficient (Wildman–Crippen LogP) is 3.58. The number of carbonyl (C=O) groups is 3. The van der Waals surface area contributed by atoms with E-state index in [0.717, 1.165) is 5.01 Å². The van der Waals surface area contributed by atoms with E-state index in [1.807, 2.05) is 12.3 Å². The highest BCUT2D eigenvalue weighted by Gasteiger charge is 2.33. The van der Waals surface area contributed by atoms with Crippen molar-refractivity contribution in [2.45, 2.75) is 13.5 Å². The van der Waals surface area contributed by atoms with Crippen LogP contribution in [0.15, 0.2) is 47.8 Å². The number of carbonyl (C=O) groups excluding carboxylic acids is 3. The largest absolute Gasteiger partial charge is 0.456 e. The topological polar surface area (TPSA) is 73.3 Å². The van der Waals surface area contributed by atoms with Crippen LogP contribution in [-0.2, 0) is 11.3 Å². The Morgan fingerprint density at radius 2 is 1.69 bits per heavy atom. The molecule has 1 heterocycles. The quantitative estimate of drug-likeness (QED) is 0.520. The van der Waals surface area contributed by atoms with Crippen molar-refractivity contribution in [2.24, 2.45) is 0 Å². The SMILES string of the molecule is Cc1nc(COC(=O)c2cccc3c2C(=O)c2ccccc2C3=O)cs1. The van der Waals surface area contributed by atoms with E-state index < -0.39 is 5.97 Å². The van der Waals surface area contributed by atoms with Crippen LogP contribution in [-0.4, -0.2) is 22.5 Å². The Morgan fingerprint density at radius 3 is 2.38 bits per heavy atom. The van der Waals surface area contributed by atoms with Gasteiger partial charge in [-0.05, 0) is 13.0 Å². The van der Waals surface area contributed by atoms with Crippen molar-refractivity contribution >= 4 is 28.9 Å². The molecule has 0 aliphatic heterocycles. The monoisotopic (exact) mass is 363 g/mol. The first kappa shape index (κ1) is 16.4. The van der Waals surface area contributed by atoms with Gasteiger partial charge in [-0.15, -0.1) is 11.3 Å². The number of aromatic nitrogens is 1. The van der Waals surface area contributed by atoms with Crippen LogP contribution in [0.2, 0.25) is 0 Å². The number of benzene rings is 2. The lowest BCUT2D eigenvalue weighted by Gasteiger charge is -2.19. The molecule has 6 heteroatoms. The number of rotatable bonds is 3. The molecule has 128 valence electrons. The smallest absolute Gasteiger partial charge is 0.339 e. The molecule has 0 N–H and O–H groups in total. The summed E-state index contributed by atoms with van der Waals surface area (Å²) in [6.07, 6.45) is 0. The van der Waals surface area contributed by atoms with Gasteiger partial charge < -0.3 is 4.74 Å². The molecule has 0 atom stereocenters. The molecule has 0 saturated carbocycles. The van der Waals surface area contributed by atoms with Crippen LogP contribution in [0.25, 0.3) is 0 Å². The molecule has 5 nitrogen and oxygen atoms in total. The van der Waals surface area contributed by atoms with E-state index in [9.17, 15) is 14.4 Å². The summed E-state index contributed by atoms with van der Waals surface area (Å²) >= 11 is 1.47. The lowest BCUT2D eigenvalue weighted by molar-refractivity contribution is 0.0465. The lowest BCUT2D eigenvalue weighted by atomic mass is 9.82. The number of thiazole rings is 1. The van der Waals surface area contributed by atoms with Gasteiger partial charge in [0, 0.05) is 27.6 Å². The zero-order valence-corrected chi connectivity index (χ0v) is 14.6. The minimum Gasteiger partial charge on any atom is -0.456 e. The molecule has 4 rings (SSSR count). The fourth-order valence-electron chi connectivity index (χ4n) is 3.01. The van der Waals surface area contributed by atoms with Gasteiger partial charge in [-0.2, -0.15) is 0 Å². The third-order valence-electron chi connectivity index (χ3n) is 4.19. The Bertz CT molecular complexity index is 1070. The number of ketones is 2. The molecule has 0 fully saturated rings. The second-order valence-corrected chi connectivity index (χ2v) is 6.93. The molecule has 0 amide bonds. The number of hydrogen-bond donors (Lipinski definition) is 0. The van der Waals surface area contributed by atoms with Gasteiger partial charge in [-0.1, -0.05) is 36.4 Å². The van der Waals surface area contributed by atoms with Crippen LogP contribution >= 0.6 is 11.3 Å². The summed E-state index contributed by atoms with van der Waals surface area (Å²) in [7, 11) is 0. The number of nitrogens with zero attached hydrogens (tertiary/aromatic N) is 1. The molecular formula is C20H13NO4S. The van der Waals surface area contributed by atoms with E-state index in [1.54, 1.807) is 36.4 Å². The van der Waals surface area contributed by atoms with Gasteiger partial charge in [0.15, 0.2) is 11.6 Å². The number of ether oxygens (including phenoxy) is 1. The average Bonchev–Trinajstić information content (AvgIpc) is 3.09. The van der Waals surface area contributed by atoms with Crippen molar-refractivity contribution in [3.63, 3.8) is 0 Å². The summed E-state index contributed by atoms with van der Waals surface area (Å²) in [6, 6.07) is 11.3. The van der Waals surface area contributed by atoms with Gasteiger partial charge in [0.1, 0.15) is 6.61 Å². The molecule has 26 heavy (non-hydrogen) atoms. The molecule has 2 aromatic carbocycles. The Labute approximate surface area is 153 Å². The molecule has 1 aromatic heterocycles. The maximum Gasteiger partial charge on any atom is 0.339 e. The fourth-order valence-corrected chi connectivity index (χ4v) is 3.60. The van der Waals surface area contributed by atoms with Crippen molar-refractivity contribution in [1.29, 1.82) is 0 Å². The van der Waals surface area contributed by atoms with E-state index in [0.29, 0.717) is 16.8 Å². The number of hydrogen-bond acceptors (Lipinski definition) is 6. The third kappa shape index (κ3) is 2.64. The maximum absolute atomic E-state index is 12.9. The van der Waals surface area contributed by atoms with Gasteiger partial charge in [0.05, 0.1) is 16.3 Å². The summed E-state index contributed by atoms with van der Waals surface area (Å²) in [4.78, 5) is 42.4. The molecular weight excluding hydrogens is 350 g/mol. The van der Waals surface area contributed by atoms with Crippen molar-refractivity contribution in [2.75, 3.05) is 0 Å². The van der Waals surface area contributed by atoms with Gasteiger partial charge in [-0.25, -0.2) is 9.78 Å². The zero-order chi connectivity index (χ0) is 18.3. The van der Waals surface area contributed by atoms with Gasteiger partial charge in [0.25, 0.3) is 0 Å². The van der Waals surface area contributed by atoms with E-state index in [2.05, 4.69) is 4.98 Å². The molecule has 1 aliphatic carbocycles. The summed E-state index contributed by atoms with van der Waals surface area (Å²) in [5, 5.41) is 2.69. The summed E-state index contributed by atoms with van der Waals surface area (Å²) in [5.41, 5.74) is 1.75. The molecule has 0 saturated heterocycles. The molecule has 1 aliphatic rings. The number of esters is 1. The van der Waals surface area contributed by atoms with Crippen molar-refractivity contribution in [3.8, 4) is 0 Å². The fraction of sp³-hybridized carbons (Fsp3) is 0.100. The highest BCUT2D eigenvalue weighted by atomic mass is 32.1. The standard InChI is InChI=1S/C20H13NO4S/c1-11-21-12(10-26-11)9-25-20(24)16-8-4-7-15-17(16)19(23)14-6-3-2-5-13(14)18(15)22/h2-8,10H,9H2,1H3. The maximum atomic E-state index is 12.9. The lowest BCUT2D eigenvalue weighted by Crippen LogP contribution is -2.24. The third-order valence-corrected chi connectivity index (χ3v) is 5.01. The molecule has 0 bridgehead atoms. The summed E-state index contributed by atoms with van der Waals surface area (Å²) < 4.78 is 5.31. The first-order chi connectivity index (χ1) is 12.6. The first-order valence-electron chi connectivity index (χ1n) is 7.96. The normalized spacial score (nSPS) is 12.5. The van der Waals surface area contributed by atoms with E-state index in [-0.39, 0.29) is 34.9 Å². The highest BCUT2D eigenvalue weighted by Crippen LogP contribution is 2.29. The van der Waals surface area contributed by atoms with Crippen molar-refractivity contribution in [1.82, 2.24) is 4.98 Å². The molecule has 3 aromatic rings. The van der Waals surface area contributed by atoms with Gasteiger partial charge in [-0.3, -0.25) is 9.59 Å². The van der Waals surface area contributed by atoms with Gasteiger partial charge >= 0.3 is 5.97 Å². The predicted molar refractivity (Wildman–Crippen MR) is 95.7 cm³/mol. The average molecular weight is 363 g/mol. The zero-order valence-electron chi connectivity index (χ0n) is 13.8. The van der Waals surface area contributed by atoms with Crippen LogP contribution in [0.5, 0.6) is 0 Å². The number of aryl methyl sites for hydroxylation is 1. The first-order valence-corrected chi connectivity index (χ1v) is 8.84. The van der Waals surface area contributed by atoms with Crippen LogP contribution in [0, 0.1) is 6.92 Å². The summed E-state index contributed by atoms with van der Waals surface area (Å²) in [5.74, 6) is -1.25. The number of fused-ring (bicyclic) bond motifs is 2. The summed E-state index contributed by atoms with van der Waals surface area (Å²) in [6.45, 7) is 1.89. The minimum absolute atomic E-state index is 0.0194.